The molecule has 0 saturated carbocycles. The number of hydrogen-bond acceptors (Lipinski definition) is 6. The Hall–Kier alpha value is -4.26. The molecule has 36 heavy (non-hydrogen) atoms. The number of anilines is 1. The molecular formula is C29H29N3O4. The fourth-order valence-electron chi connectivity index (χ4n) is 4.26. The second kappa shape index (κ2) is 11.0. The van der Waals surface area contributed by atoms with Crippen LogP contribution in [0.3, 0.4) is 0 Å². The molecule has 2 aromatic carbocycles. The van der Waals surface area contributed by atoms with E-state index in [1.807, 2.05) is 48.2 Å². The van der Waals surface area contributed by atoms with Gasteiger partial charge in [-0.25, -0.2) is 4.79 Å². The third-order valence-electron chi connectivity index (χ3n) is 6.13. The van der Waals surface area contributed by atoms with Crippen LogP contribution in [0.4, 0.5) is 5.69 Å². The van der Waals surface area contributed by atoms with Crippen molar-refractivity contribution in [1.82, 2.24) is 9.88 Å². The van der Waals surface area contributed by atoms with Crippen LogP contribution < -0.4 is 4.90 Å². The number of Topliss-reactive ketones (excluding diaryl/α,β-unsaturated/α-hetero) is 1. The van der Waals surface area contributed by atoms with Gasteiger partial charge in [0.25, 0.3) is 5.91 Å². The molecule has 184 valence electrons. The summed E-state index contributed by atoms with van der Waals surface area (Å²) in [6, 6.07) is 17.5. The number of esters is 1. The van der Waals surface area contributed by atoms with Crippen LogP contribution in [0.25, 0.3) is 0 Å². The maximum Gasteiger partial charge on any atom is 0.338 e. The molecule has 1 amide bonds. The number of carbonyl (C=O) groups is 3. The predicted molar refractivity (Wildman–Crippen MR) is 137 cm³/mol. The van der Waals surface area contributed by atoms with E-state index in [0.29, 0.717) is 24.5 Å². The van der Waals surface area contributed by atoms with Crippen LogP contribution in [0.2, 0.25) is 0 Å². The molecule has 0 spiro atoms. The number of pyridine rings is 1. The smallest absolute Gasteiger partial charge is 0.338 e. The van der Waals surface area contributed by atoms with Gasteiger partial charge in [-0.05, 0) is 55.3 Å². The molecule has 0 radical (unpaired) electrons. The number of rotatable bonds is 9. The number of nitrogens with zero attached hydrogens (tertiary/aromatic N) is 3. The quantitative estimate of drug-likeness (QED) is 0.418. The van der Waals surface area contributed by atoms with E-state index in [-0.39, 0.29) is 24.5 Å². The van der Waals surface area contributed by atoms with Gasteiger partial charge in [-0.2, -0.15) is 0 Å². The van der Waals surface area contributed by atoms with Crippen molar-refractivity contribution in [2.24, 2.45) is 0 Å². The lowest BCUT2D eigenvalue weighted by atomic mass is 10.0. The second-order valence-electron chi connectivity index (χ2n) is 8.77. The number of aromatic nitrogens is 1. The minimum absolute atomic E-state index is 0.0418. The summed E-state index contributed by atoms with van der Waals surface area (Å²) in [5.74, 6) is -0.122. The lowest BCUT2D eigenvalue weighted by Crippen LogP contribution is -2.35. The Kier molecular flexibility index (Phi) is 7.59. The molecule has 7 nitrogen and oxygen atoms in total. The Balaban J connectivity index is 1.53. The van der Waals surface area contributed by atoms with E-state index in [1.54, 1.807) is 48.5 Å². The van der Waals surface area contributed by atoms with Gasteiger partial charge in [-0.15, -0.1) is 0 Å². The number of ether oxygens (including phenoxy) is 1. The highest BCUT2D eigenvalue weighted by Crippen LogP contribution is 2.33. The van der Waals surface area contributed by atoms with Crippen LogP contribution in [0, 0.1) is 6.92 Å². The highest BCUT2D eigenvalue weighted by Gasteiger charge is 2.42. The van der Waals surface area contributed by atoms with Crippen molar-refractivity contribution in [3.05, 3.63) is 108 Å². The van der Waals surface area contributed by atoms with Crippen molar-refractivity contribution in [2.75, 3.05) is 11.5 Å². The van der Waals surface area contributed by atoms with Crippen molar-refractivity contribution in [3.8, 4) is 0 Å². The normalized spacial score (nSPS) is 15.3. The van der Waals surface area contributed by atoms with Gasteiger partial charge in [0.05, 0.1) is 17.9 Å². The highest BCUT2D eigenvalue weighted by atomic mass is 16.5. The van der Waals surface area contributed by atoms with Crippen molar-refractivity contribution < 1.29 is 19.1 Å². The largest absolute Gasteiger partial charge is 0.462 e. The highest BCUT2D eigenvalue weighted by molar-refractivity contribution is 6.04. The van der Waals surface area contributed by atoms with Crippen LogP contribution in [0.15, 0.2) is 85.5 Å². The maximum atomic E-state index is 13.6. The molecule has 2 heterocycles. The Morgan fingerprint density at radius 1 is 1.03 bits per heavy atom. The molecule has 0 bridgehead atoms. The van der Waals surface area contributed by atoms with E-state index in [1.165, 1.54) is 0 Å². The first-order valence-electron chi connectivity index (χ1n) is 11.9. The third-order valence-corrected chi connectivity index (χ3v) is 6.13. The lowest BCUT2D eigenvalue weighted by molar-refractivity contribution is -0.125. The van der Waals surface area contributed by atoms with E-state index in [0.717, 1.165) is 22.4 Å². The molecule has 1 unspecified atom stereocenters. The zero-order chi connectivity index (χ0) is 25.7. The van der Waals surface area contributed by atoms with E-state index < -0.39 is 12.0 Å². The molecular weight excluding hydrogens is 454 g/mol. The Morgan fingerprint density at radius 2 is 1.75 bits per heavy atom. The summed E-state index contributed by atoms with van der Waals surface area (Å²) in [6.07, 6.45) is 3.64. The van der Waals surface area contributed by atoms with Gasteiger partial charge in [-0.3, -0.25) is 19.5 Å². The molecule has 3 aromatic rings. The molecule has 1 aromatic heterocycles. The molecule has 1 aliphatic rings. The van der Waals surface area contributed by atoms with Gasteiger partial charge in [0.2, 0.25) is 0 Å². The zero-order valence-electron chi connectivity index (χ0n) is 20.5. The summed E-state index contributed by atoms with van der Waals surface area (Å²) in [5, 5.41) is 0. The van der Waals surface area contributed by atoms with Crippen LogP contribution in [-0.4, -0.2) is 40.2 Å². The van der Waals surface area contributed by atoms with Crippen molar-refractivity contribution >= 4 is 23.3 Å². The van der Waals surface area contributed by atoms with Gasteiger partial charge < -0.3 is 9.64 Å². The first kappa shape index (κ1) is 24.9. The number of ketones is 1. The van der Waals surface area contributed by atoms with E-state index in [4.69, 9.17) is 4.74 Å². The summed E-state index contributed by atoms with van der Waals surface area (Å²) < 4.78 is 5.01. The summed E-state index contributed by atoms with van der Waals surface area (Å²) >= 11 is 0. The van der Waals surface area contributed by atoms with Gasteiger partial charge in [0, 0.05) is 31.8 Å². The summed E-state index contributed by atoms with van der Waals surface area (Å²) in [6.45, 7) is 8.65. The Labute approximate surface area is 211 Å². The van der Waals surface area contributed by atoms with E-state index >= 15 is 0 Å². The molecule has 7 heteroatoms. The number of amides is 1. The fraction of sp³-hybridized carbons (Fsp3) is 0.241. The number of hydrogen-bond donors (Lipinski definition) is 0. The molecule has 1 aliphatic heterocycles. The molecule has 1 fully saturated rings. The minimum atomic E-state index is -0.676. The van der Waals surface area contributed by atoms with Crippen molar-refractivity contribution in [1.29, 1.82) is 0 Å². The standard InChI is InChI=1S/C29H29N3O4/c1-4-36-29(35)24-11-9-22(10-12-24)16-26(33)17-27-28(34)32(25-13-7-20(2)8-14-25)21(3)31(27)19-23-6-5-15-30-18-23/h5-15,18,27H,3-4,16-17,19H2,1-2H3. The van der Waals surface area contributed by atoms with Crippen molar-refractivity contribution in [3.63, 3.8) is 0 Å². The second-order valence-corrected chi connectivity index (χ2v) is 8.77. The van der Waals surface area contributed by atoms with Gasteiger partial charge in [0.1, 0.15) is 17.6 Å². The van der Waals surface area contributed by atoms with Gasteiger partial charge in [-0.1, -0.05) is 42.5 Å². The van der Waals surface area contributed by atoms with Crippen LogP contribution >= 0.6 is 0 Å². The van der Waals surface area contributed by atoms with Gasteiger partial charge >= 0.3 is 5.97 Å². The molecule has 0 aliphatic carbocycles. The van der Waals surface area contributed by atoms with Crippen molar-refractivity contribution in [2.45, 2.75) is 39.3 Å². The average molecular weight is 484 g/mol. The fourth-order valence-corrected chi connectivity index (χ4v) is 4.26. The summed E-state index contributed by atoms with van der Waals surface area (Å²) in [4.78, 5) is 46.2. The summed E-state index contributed by atoms with van der Waals surface area (Å²) in [5.41, 5.74) is 3.93. The topological polar surface area (TPSA) is 79.8 Å². The first-order chi connectivity index (χ1) is 17.4. The Bertz CT molecular complexity index is 1250. The van der Waals surface area contributed by atoms with Crippen LogP contribution in [-0.2, 0) is 27.3 Å². The average Bonchev–Trinajstić information content (AvgIpc) is 3.09. The van der Waals surface area contributed by atoms with E-state index in [9.17, 15) is 14.4 Å². The summed E-state index contributed by atoms with van der Waals surface area (Å²) in [7, 11) is 0. The molecule has 1 atom stereocenters. The van der Waals surface area contributed by atoms with Gasteiger partial charge in [0.15, 0.2) is 0 Å². The maximum absolute atomic E-state index is 13.6. The SMILES string of the molecule is C=C1N(c2ccc(C)cc2)C(=O)C(CC(=O)Cc2ccc(C(=O)OCC)cc2)N1Cc1cccnc1. The first-order valence-corrected chi connectivity index (χ1v) is 11.9. The number of carbonyl (C=O) groups excluding carboxylic acids is 3. The number of benzene rings is 2. The zero-order valence-corrected chi connectivity index (χ0v) is 20.5. The molecule has 1 saturated heterocycles. The van der Waals surface area contributed by atoms with Crippen LogP contribution in [0.1, 0.15) is 40.4 Å². The Morgan fingerprint density at radius 3 is 2.39 bits per heavy atom. The minimum Gasteiger partial charge on any atom is -0.462 e. The predicted octanol–water partition coefficient (Wildman–Crippen LogP) is 4.46. The molecule has 0 N–H and O–H groups in total. The molecule has 4 rings (SSSR count). The third kappa shape index (κ3) is 5.51. The monoisotopic (exact) mass is 483 g/mol. The lowest BCUT2D eigenvalue weighted by Gasteiger charge is -2.25. The number of aryl methyl sites for hydroxylation is 1. The van der Waals surface area contributed by atoms with Crippen LogP contribution in [0.5, 0.6) is 0 Å². The van der Waals surface area contributed by atoms with E-state index in [2.05, 4.69) is 11.6 Å².